The van der Waals surface area contributed by atoms with Gasteiger partial charge in [0.2, 0.25) is 11.9 Å². The van der Waals surface area contributed by atoms with Crippen molar-refractivity contribution >= 4 is 11.9 Å². The van der Waals surface area contributed by atoms with Crippen LogP contribution in [0.15, 0.2) is 23.1 Å². The van der Waals surface area contributed by atoms with Crippen LogP contribution in [0.3, 0.4) is 0 Å². The molecule has 1 fully saturated rings. The summed E-state index contributed by atoms with van der Waals surface area (Å²) in [7, 11) is 0. The zero-order valence-electron chi connectivity index (χ0n) is 12.8. The third kappa shape index (κ3) is 3.62. The lowest BCUT2D eigenvalue weighted by Crippen LogP contribution is -2.45. The van der Waals surface area contributed by atoms with Crippen molar-refractivity contribution in [2.45, 2.75) is 25.4 Å². The van der Waals surface area contributed by atoms with Crippen LogP contribution in [0.5, 0.6) is 0 Å². The number of β-amino-alcohol motifs (C(OH)–C–C–N with tert-alkyl or cyclic N) is 1. The molecule has 1 aliphatic heterocycles. The predicted octanol–water partition coefficient (Wildman–Crippen LogP) is -0.532. The number of carbonyl (C=O) groups excluding carboxylic acids is 1. The fourth-order valence-electron chi connectivity index (χ4n) is 2.51. The van der Waals surface area contributed by atoms with E-state index in [0.717, 1.165) is 0 Å². The smallest absolute Gasteiger partial charge is 0.226 e. The number of aliphatic hydroxyl groups is 1. The number of nitrogens with one attached hydrogen (secondary N) is 1. The van der Waals surface area contributed by atoms with Gasteiger partial charge in [-0.15, -0.1) is 0 Å². The van der Waals surface area contributed by atoms with Gasteiger partial charge in [0.25, 0.3) is 0 Å². The van der Waals surface area contributed by atoms with Crippen molar-refractivity contribution in [3.05, 3.63) is 29.8 Å². The van der Waals surface area contributed by atoms with E-state index in [1.165, 1.54) is 0 Å². The molecule has 1 aliphatic rings. The Balaban J connectivity index is 1.52. The van der Waals surface area contributed by atoms with Crippen molar-refractivity contribution in [3.63, 3.8) is 0 Å². The van der Waals surface area contributed by atoms with E-state index in [2.05, 4.69) is 30.2 Å². The highest BCUT2D eigenvalue weighted by Crippen LogP contribution is 2.23. The number of rotatable bonds is 5. The van der Waals surface area contributed by atoms with E-state index in [0.29, 0.717) is 36.8 Å². The van der Waals surface area contributed by atoms with Crippen LogP contribution >= 0.6 is 0 Å². The van der Waals surface area contributed by atoms with Gasteiger partial charge >= 0.3 is 0 Å². The van der Waals surface area contributed by atoms with Crippen LogP contribution in [0.2, 0.25) is 0 Å². The fourth-order valence-corrected chi connectivity index (χ4v) is 2.51. The number of aryl methyl sites for hydroxylation is 1. The average molecular weight is 318 g/mol. The summed E-state index contributed by atoms with van der Waals surface area (Å²) < 4.78 is 4.56. The molecule has 0 aromatic carbocycles. The molecule has 122 valence electrons. The van der Waals surface area contributed by atoms with Crippen molar-refractivity contribution in [1.82, 2.24) is 25.6 Å². The molecule has 1 atom stereocenters. The van der Waals surface area contributed by atoms with Gasteiger partial charge in [-0.25, -0.2) is 14.6 Å². The van der Waals surface area contributed by atoms with E-state index in [1.54, 1.807) is 25.4 Å². The zero-order chi connectivity index (χ0) is 16.3. The van der Waals surface area contributed by atoms with Gasteiger partial charge < -0.3 is 15.3 Å². The number of amides is 1. The number of hydrogen-bond acceptors (Lipinski definition) is 8. The second-order valence-electron chi connectivity index (χ2n) is 5.69. The van der Waals surface area contributed by atoms with Crippen molar-refractivity contribution < 1.29 is 14.5 Å². The molecular formula is C14H18N6O3. The fraction of sp³-hybridized carbons (Fsp3) is 0.500. The Labute approximate surface area is 132 Å². The Bertz CT molecular complexity index is 676. The maximum absolute atomic E-state index is 11.9. The standard InChI is InChI=1S/C14H18N6O3/c1-10-11(19-23-18-10)7-12(21)17-8-14(22)3-6-20(9-14)13-15-4-2-5-16-13/h2,4-5,22H,3,6-9H2,1H3,(H,17,21)/t14-/m1/s1. The first kappa shape index (κ1) is 15.3. The van der Waals surface area contributed by atoms with Gasteiger partial charge in [0, 0.05) is 25.5 Å². The highest BCUT2D eigenvalue weighted by atomic mass is 16.6. The molecule has 0 bridgehead atoms. The number of carbonyl (C=O) groups is 1. The molecule has 2 aromatic heterocycles. The number of hydrogen-bond donors (Lipinski definition) is 2. The Hall–Kier alpha value is -2.55. The van der Waals surface area contributed by atoms with Crippen LogP contribution in [-0.4, -0.2) is 56.5 Å². The second-order valence-corrected chi connectivity index (χ2v) is 5.69. The first-order valence-corrected chi connectivity index (χ1v) is 7.35. The van der Waals surface area contributed by atoms with Gasteiger partial charge in [0.15, 0.2) is 0 Å². The van der Waals surface area contributed by atoms with Crippen LogP contribution < -0.4 is 10.2 Å². The Morgan fingerprint density at radius 2 is 2.22 bits per heavy atom. The molecule has 0 spiro atoms. The molecule has 9 nitrogen and oxygen atoms in total. The van der Waals surface area contributed by atoms with E-state index in [1.807, 2.05) is 4.90 Å². The van der Waals surface area contributed by atoms with E-state index in [-0.39, 0.29) is 18.9 Å². The van der Waals surface area contributed by atoms with Crippen LogP contribution in [0.1, 0.15) is 17.8 Å². The summed E-state index contributed by atoms with van der Waals surface area (Å²) in [5, 5.41) is 20.6. The highest BCUT2D eigenvalue weighted by molar-refractivity contribution is 5.78. The summed E-state index contributed by atoms with van der Waals surface area (Å²) in [6, 6.07) is 1.74. The largest absolute Gasteiger partial charge is 0.386 e. The number of anilines is 1. The second kappa shape index (κ2) is 6.29. The third-order valence-electron chi connectivity index (χ3n) is 3.86. The molecule has 1 amide bonds. The van der Waals surface area contributed by atoms with Gasteiger partial charge in [0.1, 0.15) is 17.0 Å². The highest BCUT2D eigenvalue weighted by Gasteiger charge is 2.37. The Morgan fingerprint density at radius 3 is 2.91 bits per heavy atom. The molecule has 2 N–H and O–H groups in total. The lowest BCUT2D eigenvalue weighted by molar-refractivity contribution is -0.121. The molecule has 3 heterocycles. The zero-order valence-corrected chi connectivity index (χ0v) is 12.8. The molecule has 9 heteroatoms. The normalized spacial score (nSPS) is 20.7. The minimum Gasteiger partial charge on any atom is -0.386 e. The van der Waals surface area contributed by atoms with Gasteiger partial charge in [-0.2, -0.15) is 0 Å². The minimum absolute atomic E-state index is 0.0803. The quantitative estimate of drug-likeness (QED) is 0.755. The summed E-state index contributed by atoms with van der Waals surface area (Å²) in [5.41, 5.74) is 0.0961. The number of nitrogens with zero attached hydrogens (tertiary/aromatic N) is 5. The third-order valence-corrected chi connectivity index (χ3v) is 3.86. The molecule has 0 saturated carbocycles. The van der Waals surface area contributed by atoms with Crippen LogP contribution in [0.4, 0.5) is 5.95 Å². The Morgan fingerprint density at radius 1 is 1.43 bits per heavy atom. The molecule has 2 aromatic rings. The van der Waals surface area contributed by atoms with Gasteiger partial charge in [0.05, 0.1) is 13.0 Å². The molecule has 0 radical (unpaired) electrons. The summed E-state index contributed by atoms with van der Waals surface area (Å²) in [6.07, 6.45) is 3.94. The Kier molecular flexibility index (Phi) is 4.20. The van der Waals surface area contributed by atoms with Crippen LogP contribution in [0.25, 0.3) is 0 Å². The summed E-state index contributed by atoms with van der Waals surface area (Å²) >= 11 is 0. The summed E-state index contributed by atoms with van der Waals surface area (Å²) in [6.45, 7) is 2.91. The van der Waals surface area contributed by atoms with Crippen LogP contribution in [-0.2, 0) is 11.2 Å². The van der Waals surface area contributed by atoms with Crippen molar-refractivity contribution in [2.75, 3.05) is 24.5 Å². The van der Waals surface area contributed by atoms with E-state index in [9.17, 15) is 9.90 Å². The molecule has 1 saturated heterocycles. The number of aromatic nitrogens is 4. The molecule has 23 heavy (non-hydrogen) atoms. The maximum Gasteiger partial charge on any atom is 0.226 e. The molecule has 0 unspecified atom stereocenters. The first-order valence-electron chi connectivity index (χ1n) is 7.35. The summed E-state index contributed by atoms with van der Waals surface area (Å²) in [5.74, 6) is 0.352. The lowest BCUT2D eigenvalue weighted by Gasteiger charge is -2.23. The van der Waals surface area contributed by atoms with Crippen LogP contribution in [0, 0.1) is 6.92 Å². The van der Waals surface area contributed by atoms with E-state index >= 15 is 0 Å². The lowest BCUT2D eigenvalue weighted by atomic mass is 10.0. The van der Waals surface area contributed by atoms with Crippen molar-refractivity contribution in [2.24, 2.45) is 0 Å². The van der Waals surface area contributed by atoms with Gasteiger partial charge in [-0.1, -0.05) is 10.3 Å². The van der Waals surface area contributed by atoms with Crippen molar-refractivity contribution in [3.8, 4) is 0 Å². The molecular weight excluding hydrogens is 300 g/mol. The minimum atomic E-state index is -0.994. The predicted molar refractivity (Wildman–Crippen MR) is 79.6 cm³/mol. The van der Waals surface area contributed by atoms with E-state index < -0.39 is 5.60 Å². The monoisotopic (exact) mass is 318 g/mol. The molecule has 0 aliphatic carbocycles. The SMILES string of the molecule is Cc1nonc1CC(=O)NC[C@]1(O)CCN(c2ncccn2)C1. The van der Waals surface area contributed by atoms with E-state index in [4.69, 9.17) is 0 Å². The maximum atomic E-state index is 11.9. The first-order chi connectivity index (χ1) is 11.1. The van der Waals surface area contributed by atoms with Gasteiger partial charge in [-0.05, 0) is 19.4 Å². The summed E-state index contributed by atoms with van der Waals surface area (Å²) in [4.78, 5) is 22.2. The topological polar surface area (TPSA) is 117 Å². The molecule has 3 rings (SSSR count). The van der Waals surface area contributed by atoms with Crippen molar-refractivity contribution in [1.29, 1.82) is 0 Å². The average Bonchev–Trinajstić information content (AvgIpc) is 3.14. The van der Waals surface area contributed by atoms with Gasteiger partial charge in [-0.3, -0.25) is 4.79 Å².